The second-order valence-electron chi connectivity index (χ2n) is 4.98. The zero-order valence-electron chi connectivity index (χ0n) is 11.2. The van der Waals surface area contributed by atoms with Crippen LogP contribution in [0.3, 0.4) is 0 Å². The van der Waals surface area contributed by atoms with E-state index in [0.717, 1.165) is 16.8 Å². The zero-order chi connectivity index (χ0) is 13.4. The maximum Gasteiger partial charge on any atom is 0.0538 e. The standard InChI is InChI=1S/C17H16N2/c1-11(2)16-10-14-8-12(3)9-15(17(14)19-16)13-4-6-18-7-5-13/h4-10,19H,1H2,2-3H3. The van der Waals surface area contributed by atoms with E-state index in [9.17, 15) is 0 Å². The lowest BCUT2D eigenvalue weighted by atomic mass is 10.0. The molecule has 0 fully saturated rings. The molecule has 0 saturated carbocycles. The summed E-state index contributed by atoms with van der Waals surface area (Å²) in [5.74, 6) is 0. The topological polar surface area (TPSA) is 28.7 Å². The molecule has 1 N–H and O–H groups in total. The van der Waals surface area contributed by atoms with E-state index in [2.05, 4.69) is 41.7 Å². The van der Waals surface area contributed by atoms with Crippen molar-refractivity contribution in [2.45, 2.75) is 13.8 Å². The van der Waals surface area contributed by atoms with Gasteiger partial charge < -0.3 is 4.98 Å². The van der Waals surface area contributed by atoms with Crippen molar-refractivity contribution in [2.75, 3.05) is 0 Å². The fraction of sp³-hybridized carbons (Fsp3) is 0.118. The summed E-state index contributed by atoms with van der Waals surface area (Å²) in [6.07, 6.45) is 3.65. The van der Waals surface area contributed by atoms with Crippen LogP contribution in [0.1, 0.15) is 18.2 Å². The summed E-state index contributed by atoms with van der Waals surface area (Å²) in [7, 11) is 0. The van der Waals surface area contributed by atoms with Crippen LogP contribution in [-0.4, -0.2) is 9.97 Å². The summed E-state index contributed by atoms with van der Waals surface area (Å²) in [4.78, 5) is 7.55. The van der Waals surface area contributed by atoms with Gasteiger partial charge in [-0.15, -0.1) is 0 Å². The molecule has 0 saturated heterocycles. The molecule has 94 valence electrons. The first-order valence-corrected chi connectivity index (χ1v) is 6.35. The summed E-state index contributed by atoms with van der Waals surface area (Å²) in [6, 6.07) is 10.6. The number of fused-ring (bicyclic) bond motifs is 1. The third-order valence-corrected chi connectivity index (χ3v) is 3.32. The van der Waals surface area contributed by atoms with Crippen LogP contribution < -0.4 is 0 Å². The Kier molecular flexibility index (Phi) is 2.71. The highest BCUT2D eigenvalue weighted by molar-refractivity contribution is 5.96. The van der Waals surface area contributed by atoms with Gasteiger partial charge in [-0.1, -0.05) is 6.58 Å². The van der Waals surface area contributed by atoms with Crippen molar-refractivity contribution in [2.24, 2.45) is 0 Å². The molecule has 1 aromatic carbocycles. The Morgan fingerprint density at radius 1 is 1.16 bits per heavy atom. The Morgan fingerprint density at radius 3 is 2.58 bits per heavy atom. The average molecular weight is 248 g/mol. The van der Waals surface area contributed by atoms with Crippen molar-refractivity contribution >= 4 is 16.5 Å². The molecular weight excluding hydrogens is 232 g/mol. The van der Waals surface area contributed by atoms with Gasteiger partial charge in [-0.2, -0.15) is 0 Å². The minimum absolute atomic E-state index is 1.05. The lowest BCUT2D eigenvalue weighted by Crippen LogP contribution is -1.84. The first-order chi connectivity index (χ1) is 9.15. The van der Waals surface area contributed by atoms with Gasteiger partial charge in [0.15, 0.2) is 0 Å². The van der Waals surface area contributed by atoms with Gasteiger partial charge in [0.05, 0.1) is 5.52 Å². The highest BCUT2D eigenvalue weighted by Gasteiger charge is 2.08. The van der Waals surface area contributed by atoms with Gasteiger partial charge >= 0.3 is 0 Å². The number of rotatable bonds is 2. The quantitative estimate of drug-likeness (QED) is 0.707. The Bertz CT molecular complexity index is 752. The van der Waals surface area contributed by atoms with Gasteiger partial charge in [-0.3, -0.25) is 4.98 Å². The van der Waals surface area contributed by atoms with Crippen LogP contribution in [0.5, 0.6) is 0 Å². The first-order valence-electron chi connectivity index (χ1n) is 6.35. The Hall–Kier alpha value is -2.35. The van der Waals surface area contributed by atoms with Crippen molar-refractivity contribution in [3.05, 3.63) is 60.6 Å². The van der Waals surface area contributed by atoms with Gasteiger partial charge in [-0.25, -0.2) is 0 Å². The number of pyridine rings is 1. The number of benzene rings is 1. The summed E-state index contributed by atoms with van der Waals surface area (Å²) >= 11 is 0. The van der Waals surface area contributed by atoms with Gasteiger partial charge in [0, 0.05) is 29.0 Å². The third-order valence-electron chi connectivity index (χ3n) is 3.32. The van der Waals surface area contributed by atoms with Crippen LogP contribution in [-0.2, 0) is 0 Å². The predicted octanol–water partition coefficient (Wildman–Crippen LogP) is 4.57. The normalized spacial score (nSPS) is 10.8. The Labute approximate surface area is 112 Å². The minimum Gasteiger partial charge on any atom is -0.354 e. The van der Waals surface area contributed by atoms with E-state index in [1.807, 2.05) is 31.5 Å². The molecule has 2 aromatic heterocycles. The largest absolute Gasteiger partial charge is 0.354 e. The molecule has 0 amide bonds. The van der Waals surface area contributed by atoms with Gasteiger partial charge in [0.1, 0.15) is 0 Å². The summed E-state index contributed by atoms with van der Waals surface area (Å²) in [6.45, 7) is 8.14. The number of nitrogens with zero attached hydrogens (tertiary/aromatic N) is 1. The monoisotopic (exact) mass is 248 g/mol. The summed E-state index contributed by atoms with van der Waals surface area (Å²) in [5, 5.41) is 1.23. The summed E-state index contributed by atoms with van der Waals surface area (Å²) < 4.78 is 0. The zero-order valence-corrected chi connectivity index (χ0v) is 11.2. The van der Waals surface area contributed by atoms with E-state index in [4.69, 9.17) is 0 Å². The number of aryl methyl sites for hydroxylation is 1. The number of allylic oxidation sites excluding steroid dienone is 1. The minimum atomic E-state index is 1.05. The molecule has 2 heterocycles. The van der Waals surface area contributed by atoms with E-state index in [-0.39, 0.29) is 0 Å². The number of hydrogen-bond acceptors (Lipinski definition) is 1. The molecule has 0 aliphatic rings. The van der Waals surface area contributed by atoms with Crippen LogP contribution in [0.15, 0.2) is 49.3 Å². The molecule has 3 rings (SSSR count). The van der Waals surface area contributed by atoms with Crippen LogP contribution >= 0.6 is 0 Å². The lowest BCUT2D eigenvalue weighted by Gasteiger charge is -2.05. The van der Waals surface area contributed by atoms with E-state index >= 15 is 0 Å². The number of hydrogen-bond donors (Lipinski definition) is 1. The van der Waals surface area contributed by atoms with Crippen LogP contribution in [0.25, 0.3) is 27.6 Å². The van der Waals surface area contributed by atoms with Crippen molar-refractivity contribution in [3.8, 4) is 11.1 Å². The molecular formula is C17H16N2. The predicted molar refractivity (Wildman–Crippen MR) is 81.0 cm³/mol. The van der Waals surface area contributed by atoms with Crippen LogP contribution in [0.4, 0.5) is 0 Å². The van der Waals surface area contributed by atoms with Gasteiger partial charge in [0.25, 0.3) is 0 Å². The van der Waals surface area contributed by atoms with Gasteiger partial charge in [-0.05, 0) is 60.9 Å². The SMILES string of the molecule is C=C(C)c1cc2cc(C)cc(-c3ccncc3)c2[nH]1. The smallest absolute Gasteiger partial charge is 0.0538 e. The Morgan fingerprint density at radius 2 is 1.89 bits per heavy atom. The van der Waals surface area contributed by atoms with E-state index in [0.29, 0.717) is 0 Å². The molecule has 3 aromatic rings. The van der Waals surface area contributed by atoms with E-state index in [1.54, 1.807) is 0 Å². The molecule has 0 radical (unpaired) electrons. The molecule has 2 heteroatoms. The Balaban J connectivity index is 2.32. The average Bonchev–Trinajstić information content (AvgIpc) is 2.82. The molecule has 0 unspecified atom stereocenters. The maximum atomic E-state index is 4.08. The molecule has 2 nitrogen and oxygen atoms in total. The number of aromatic nitrogens is 2. The van der Waals surface area contributed by atoms with Crippen LogP contribution in [0.2, 0.25) is 0 Å². The highest BCUT2D eigenvalue weighted by Crippen LogP contribution is 2.31. The molecule has 0 aliphatic carbocycles. The van der Waals surface area contributed by atoms with E-state index < -0.39 is 0 Å². The molecule has 0 bridgehead atoms. The summed E-state index contributed by atoms with van der Waals surface area (Å²) in [5.41, 5.74) is 6.95. The third kappa shape index (κ3) is 2.06. The molecule has 0 aliphatic heterocycles. The second-order valence-corrected chi connectivity index (χ2v) is 4.98. The lowest BCUT2D eigenvalue weighted by molar-refractivity contribution is 1.33. The maximum absolute atomic E-state index is 4.08. The first kappa shape index (κ1) is 11.7. The number of nitrogens with one attached hydrogen (secondary N) is 1. The van der Waals surface area contributed by atoms with Crippen LogP contribution in [0, 0.1) is 6.92 Å². The molecule has 0 spiro atoms. The number of aromatic amines is 1. The molecule has 0 atom stereocenters. The fourth-order valence-electron chi connectivity index (χ4n) is 2.38. The highest BCUT2D eigenvalue weighted by atomic mass is 14.7. The fourth-order valence-corrected chi connectivity index (χ4v) is 2.38. The van der Waals surface area contributed by atoms with Crippen molar-refractivity contribution in [1.29, 1.82) is 0 Å². The van der Waals surface area contributed by atoms with E-state index in [1.165, 1.54) is 22.1 Å². The van der Waals surface area contributed by atoms with Gasteiger partial charge in [0.2, 0.25) is 0 Å². The van der Waals surface area contributed by atoms with Crippen molar-refractivity contribution in [1.82, 2.24) is 9.97 Å². The van der Waals surface area contributed by atoms with Crippen molar-refractivity contribution in [3.63, 3.8) is 0 Å². The number of H-pyrrole nitrogens is 1. The second kappa shape index (κ2) is 4.39. The van der Waals surface area contributed by atoms with Crippen molar-refractivity contribution < 1.29 is 0 Å². The molecule has 19 heavy (non-hydrogen) atoms.